The summed E-state index contributed by atoms with van der Waals surface area (Å²) in [4.78, 5) is 0. The molecule has 2 aliphatic carbocycles. The molecule has 8 rings (SSSR count). The number of rotatable bonds is 6. The van der Waals surface area contributed by atoms with Crippen molar-refractivity contribution in [2.75, 3.05) is 0 Å². The van der Waals surface area contributed by atoms with Crippen LogP contribution in [-0.4, -0.2) is 9.13 Å². The second-order valence-corrected chi connectivity index (χ2v) is 14.2. The number of hydrogen-bond acceptors (Lipinski definition) is 3. The van der Waals surface area contributed by atoms with Crippen LogP contribution < -0.4 is 0 Å². The molecule has 0 saturated carbocycles. The molecule has 0 saturated heterocycles. The van der Waals surface area contributed by atoms with Gasteiger partial charge in [-0.3, -0.25) is 0 Å². The molecule has 3 unspecified atom stereocenters. The van der Waals surface area contributed by atoms with Gasteiger partial charge in [-0.25, -0.2) is 0 Å². The predicted molar refractivity (Wildman–Crippen MR) is 210 cm³/mol. The van der Waals surface area contributed by atoms with Crippen LogP contribution in [0.15, 0.2) is 109 Å². The van der Waals surface area contributed by atoms with E-state index in [2.05, 4.69) is 134 Å². The predicted octanol–water partition coefficient (Wildman–Crippen LogP) is 11.3. The van der Waals surface area contributed by atoms with E-state index in [1.165, 1.54) is 27.9 Å². The highest BCUT2D eigenvalue weighted by atomic mass is 15.0. The Bertz CT molecular complexity index is 2640. The minimum Gasteiger partial charge on any atom is -0.313 e. The number of allylic oxidation sites excluding steroid dienone is 5. The molecule has 0 aliphatic heterocycles. The molecule has 0 radical (unpaired) electrons. The van der Waals surface area contributed by atoms with E-state index in [1.54, 1.807) is 0 Å². The molecular formula is C47H39N5. The van der Waals surface area contributed by atoms with E-state index in [0.717, 1.165) is 68.4 Å². The topological polar surface area (TPSA) is 81.2 Å². The molecule has 2 heterocycles. The first-order valence-corrected chi connectivity index (χ1v) is 18.1. The standard InChI is InChI=1S/C47H39N5/c1-5-29(2)47-31(4)40-24-32(26-48)16-23-42(40)52(47)43-14-8-10-30(3)45(43)38-22-19-34(25-36(38)28-50)33-17-20-37(21-18-33)51-41-13-7-6-12-39(41)46-35(27-49)11-9-15-44(46)51/h6-21,23,25,29,32,38H,5,22,24H2,1-4H3. The fourth-order valence-corrected chi connectivity index (χ4v) is 8.63. The third-order valence-corrected chi connectivity index (χ3v) is 11.3. The van der Waals surface area contributed by atoms with Crippen LogP contribution in [0.1, 0.15) is 83.3 Å². The Morgan fingerprint density at radius 2 is 1.62 bits per heavy atom. The molecule has 252 valence electrons. The number of nitriles is 3. The zero-order valence-corrected chi connectivity index (χ0v) is 30.0. The Kier molecular flexibility index (Phi) is 8.26. The Labute approximate surface area is 305 Å². The first-order valence-electron chi connectivity index (χ1n) is 18.1. The summed E-state index contributed by atoms with van der Waals surface area (Å²) in [5.41, 5.74) is 15.1. The van der Waals surface area contributed by atoms with Crippen molar-refractivity contribution in [3.63, 3.8) is 0 Å². The number of aromatic nitrogens is 2. The maximum absolute atomic E-state index is 10.7. The van der Waals surface area contributed by atoms with Crippen LogP contribution in [0.5, 0.6) is 0 Å². The summed E-state index contributed by atoms with van der Waals surface area (Å²) < 4.78 is 4.66. The van der Waals surface area contributed by atoms with Gasteiger partial charge in [0.1, 0.15) is 0 Å². The fraction of sp³-hybridized carbons (Fsp3) is 0.213. The molecule has 2 aliphatic rings. The van der Waals surface area contributed by atoms with Crippen molar-refractivity contribution in [3.05, 3.63) is 153 Å². The lowest BCUT2D eigenvalue weighted by Crippen LogP contribution is -2.15. The highest BCUT2D eigenvalue weighted by molar-refractivity contribution is 6.11. The van der Waals surface area contributed by atoms with Crippen LogP contribution in [0, 0.1) is 53.8 Å². The van der Waals surface area contributed by atoms with Crippen LogP contribution in [0.25, 0.3) is 44.8 Å². The van der Waals surface area contributed by atoms with E-state index >= 15 is 0 Å². The van der Waals surface area contributed by atoms with Gasteiger partial charge in [-0.15, -0.1) is 0 Å². The molecule has 3 atom stereocenters. The Balaban J connectivity index is 1.18. The van der Waals surface area contributed by atoms with Gasteiger partial charge in [0.15, 0.2) is 0 Å². The van der Waals surface area contributed by atoms with Gasteiger partial charge in [-0.1, -0.05) is 74.5 Å². The number of benzene rings is 4. The van der Waals surface area contributed by atoms with Gasteiger partial charge in [0.05, 0.1) is 40.7 Å². The SMILES string of the molecule is CCC(C)c1c(C)c2c(n1-c1cccc(C)c1C1CC=C(c3ccc(-n4c5ccccc5c5c(C#N)cccc54)cc3)C=C1C#N)C=CC(C#N)C2. The lowest BCUT2D eigenvalue weighted by molar-refractivity contribution is 0.679. The fourth-order valence-electron chi connectivity index (χ4n) is 8.63. The summed E-state index contributed by atoms with van der Waals surface area (Å²) in [7, 11) is 0. The maximum atomic E-state index is 10.7. The molecule has 6 aromatic rings. The third-order valence-electron chi connectivity index (χ3n) is 11.3. The molecule has 0 amide bonds. The summed E-state index contributed by atoms with van der Waals surface area (Å²) in [6, 6.07) is 36.6. The lowest BCUT2D eigenvalue weighted by atomic mass is 9.80. The first-order chi connectivity index (χ1) is 25.4. The Hall–Kier alpha value is -6.35. The number of para-hydroxylation sites is 1. The van der Waals surface area contributed by atoms with E-state index in [-0.39, 0.29) is 11.8 Å². The Morgan fingerprint density at radius 3 is 2.37 bits per heavy atom. The van der Waals surface area contributed by atoms with E-state index in [0.29, 0.717) is 17.9 Å². The van der Waals surface area contributed by atoms with E-state index in [4.69, 9.17) is 0 Å². The molecule has 5 heteroatoms. The van der Waals surface area contributed by atoms with Crippen molar-refractivity contribution in [2.24, 2.45) is 5.92 Å². The van der Waals surface area contributed by atoms with Gasteiger partial charge < -0.3 is 9.13 Å². The van der Waals surface area contributed by atoms with Crippen molar-refractivity contribution in [1.82, 2.24) is 9.13 Å². The monoisotopic (exact) mass is 673 g/mol. The average molecular weight is 674 g/mol. The third kappa shape index (κ3) is 5.11. The maximum Gasteiger partial charge on any atom is 0.0998 e. The van der Waals surface area contributed by atoms with Crippen LogP contribution in [0.3, 0.4) is 0 Å². The van der Waals surface area contributed by atoms with Crippen LogP contribution in [0.2, 0.25) is 0 Å². The summed E-state index contributed by atoms with van der Waals surface area (Å²) in [5, 5.41) is 32.3. The zero-order valence-electron chi connectivity index (χ0n) is 30.0. The van der Waals surface area contributed by atoms with Gasteiger partial charge in [0.2, 0.25) is 0 Å². The summed E-state index contributed by atoms with van der Waals surface area (Å²) in [6.07, 6.45) is 11.0. The molecule has 5 nitrogen and oxygen atoms in total. The lowest BCUT2D eigenvalue weighted by Gasteiger charge is -2.27. The second kappa shape index (κ2) is 13.1. The van der Waals surface area contributed by atoms with E-state index in [9.17, 15) is 15.8 Å². The molecule has 0 bridgehead atoms. The highest BCUT2D eigenvalue weighted by Gasteiger charge is 2.31. The molecule has 0 spiro atoms. The highest BCUT2D eigenvalue weighted by Crippen LogP contribution is 2.44. The summed E-state index contributed by atoms with van der Waals surface area (Å²) in [6.45, 7) is 8.90. The minimum absolute atomic E-state index is 0.0845. The number of hydrogen-bond donors (Lipinski definition) is 0. The van der Waals surface area contributed by atoms with Crippen LogP contribution >= 0.6 is 0 Å². The Morgan fingerprint density at radius 1 is 0.846 bits per heavy atom. The van der Waals surface area contributed by atoms with Crippen molar-refractivity contribution in [3.8, 4) is 29.6 Å². The van der Waals surface area contributed by atoms with Gasteiger partial charge >= 0.3 is 0 Å². The molecule has 0 fully saturated rings. The van der Waals surface area contributed by atoms with Gasteiger partial charge in [0.25, 0.3) is 0 Å². The molecule has 52 heavy (non-hydrogen) atoms. The second-order valence-electron chi connectivity index (χ2n) is 14.2. The van der Waals surface area contributed by atoms with Gasteiger partial charge in [-0.2, -0.15) is 15.8 Å². The van der Waals surface area contributed by atoms with Gasteiger partial charge in [-0.05, 0) is 121 Å². The van der Waals surface area contributed by atoms with Crippen LogP contribution in [0.4, 0.5) is 0 Å². The smallest absolute Gasteiger partial charge is 0.0998 e. The van der Waals surface area contributed by atoms with Crippen molar-refractivity contribution < 1.29 is 0 Å². The van der Waals surface area contributed by atoms with Crippen molar-refractivity contribution >= 4 is 33.5 Å². The van der Waals surface area contributed by atoms with Crippen molar-refractivity contribution in [1.29, 1.82) is 15.8 Å². The van der Waals surface area contributed by atoms with E-state index in [1.807, 2.05) is 30.3 Å². The van der Waals surface area contributed by atoms with Crippen molar-refractivity contribution in [2.45, 2.75) is 58.8 Å². The molecule has 2 aromatic heterocycles. The minimum atomic E-state index is -0.119. The summed E-state index contributed by atoms with van der Waals surface area (Å²) >= 11 is 0. The zero-order chi connectivity index (χ0) is 36.1. The van der Waals surface area contributed by atoms with Crippen LogP contribution in [-0.2, 0) is 6.42 Å². The quantitative estimate of drug-likeness (QED) is 0.176. The average Bonchev–Trinajstić information content (AvgIpc) is 3.68. The summed E-state index contributed by atoms with van der Waals surface area (Å²) in [5.74, 6) is 0.126. The normalized spacial score (nSPS) is 17.2. The van der Waals surface area contributed by atoms with E-state index < -0.39 is 0 Å². The largest absolute Gasteiger partial charge is 0.313 e. The molecule has 0 N–H and O–H groups in total. The van der Waals surface area contributed by atoms with Gasteiger partial charge in [0, 0.05) is 45.0 Å². The first kappa shape index (κ1) is 32.8. The number of fused-ring (bicyclic) bond motifs is 4. The molecule has 4 aromatic carbocycles. The number of aryl methyl sites for hydroxylation is 1. The molecular weight excluding hydrogens is 635 g/mol. The number of nitrogens with zero attached hydrogens (tertiary/aromatic N) is 5.